The van der Waals surface area contributed by atoms with Gasteiger partial charge in [0.2, 0.25) is 0 Å². The predicted molar refractivity (Wildman–Crippen MR) is 29.1 cm³/mol. The summed E-state index contributed by atoms with van der Waals surface area (Å²) in [4.78, 5) is 6.36. The molecule has 4 heteroatoms. The van der Waals surface area contributed by atoms with Crippen molar-refractivity contribution in [2.75, 3.05) is 0 Å². The van der Waals surface area contributed by atoms with Crippen LogP contribution in [0.5, 0.6) is 0 Å². The molecular formula is C4H3BrF2O. The van der Waals surface area contributed by atoms with Crippen molar-refractivity contribution < 1.29 is 13.6 Å². The maximum Gasteiger partial charge on any atom is 0.320 e. The van der Waals surface area contributed by atoms with Gasteiger partial charge in [-0.25, -0.2) is 0 Å². The monoisotopic (exact) mass is 184 g/mol. The summed E-state index contributed by atoms with van der Waals surface area (Å²) >= 11 is 2.00. The summed E-state index contributed by atoms with van der Waals surface area (Å²) in [5, 5.41) is 0. The van der Waals surface area contributed by atoms with E-state index in [0.29, 0.717) is 6.08 Å². The van der Waals surface area contributed by atoms with Gasteiger partial charge >= 0.3 is 4.83 Å². The first kappa shape index (κ1) is 7.75. The van der Waals surface area contributed by atoms with Gasteiger partial charge in [0, 0.05) is 0 Å². The number of allylic oxidation sites excluding steroid dienone is 2. The fraction of sp³-hybridized carbons (Fsp3) is 0.250. The quantitative estimate of drug-likeness (QED) is 0.363. The van der Waals surface area contributed by atoms with Crippen molar-refractivity contribution in [2.45, 2.75) is 4.83 Å². The summed E-state index contributed by atoms with van der Waals surface area (Å²) in [7, 11) is 0. The normalized spacial score (nSPS) is 12.4. The second kappa shape index (κ2) is 2.91. The molecule has 0 radical (unpaired) electrons. The van der Waals surface area contributed by atoms with Crippen molar-refractivity contribution in [1.82, 2.24) is 0 Å². The van der Waals surface area contributed by atoms with Gasteiger partial charge in [0.05, 0.1) is 0 Å². The van der Waals surface area contributed by atoms with E-state index in [9.17, 15) is 13.6 Å². The molecular weight excluding hydrogens is 182 g/mol. The molecule has 0 saturated carbocycles. The fourth-order valence-corrected chi connectivity index (χ4v) is 0.301. The highest BCUT2D eigenvalue weighted by Crippen LogP contribution is 2.22. The Hall–Kier alpha value is -0.250. The highest BCUT2D eigenvalue weighted by atomic mass is 79.9. The van der Waals surface area contributed by atoms with Gasteiger partial charge in [-0.05, 0) is 28.1 Å². The van der Waals surface area contributed by atoms with E-state index in [4.69, 9.17) is 0 Å². The second-order valence-electron chi connectivity index (χ2n) is 1.04. The molecule has 0 rings (SSSR count). The summed E-state index contributed by atoms with van der Waals surface area (Å²) in [6, 6.07) is 0. The third-order valence-corrected chi connectivity index (χ3v) is 0.628. The Bertz CT molecular complexity index is 105. The number of rotatable bonds is 2. The molecule has 1 nitrogen and oxygen atoms in total. The third kappa shape index (κ3) is 5.75. The standard InChI is InChI=1S/C4H3BrF2O/c5-4(6,7)2-1-3-8/h1-3H. The van der Waals surface area contributed by atoms with Crippen molar-refractivity contribution in [3.63, 3.8) is 0 Å². The van der Waals surface area contributed by atoms with Crippen LogP contribution in [0.15, 0.2) is 12.2 Å². The van der Waals surface area contributed by atoms with Crippen LogP contribution in [-0.4, -0.2) is 11.1 Å². The summed E-state index contributed by atoms with van der Waals surface area (Å²) in [6.45, 7) is 0. The maximum absolute atomic E-state index is 11.6. The van der Waals surface area contributed by atoms with Gasteiger partial charge in [-0.3, -0.25) is 4.79 Å². The van der Waals surface area contributed by atoms with E-state index in [1.807, 2.05) is 15.9 Å². The van der Waals surface area contributed by atoms with E-state index >= 15 is 0 Å². The van der Waals surface area contributed by atoms with E-state index in [-0.39, 0.29) is 6.29 Å². The molecule has 0 aliphatic rings. The Balaban J connectivity index is 3.69. The lowest BCUT2D eigenvalue weighted by molar-refractivity contribution is -0.104. The average Bonchev–Trinajstić information content (AvgIpc) is 1.59. The zero-order chi connectivity index (χ0) is 6.62. The zero-order valence-electron chi connectivity index (χ0n) is 3.77. The molecule has 0 aliphatic heterocycles. The van der Waals surface area contributed by atoms with Crippen LogP contribution in [0.3, 0.4) is 0 Å². The number of hydrogen-bond acceptors (Lipinski definition) is 1. The van der Waals surface area contributed by atoms with Crippen LogP contribution in [0, 0.1) is 0 Å². The molecule has 0 unspecified atom stereocenters. The number of hydrogen-bond donors (Lipinski definition) is 0. The summed E-state index contributed by atoms with van der Waals surface area (Å²) in [6.07, 6.45) is 1.48. The first-order chi connectivity index (χ1) is 3.56. The molecule has 0 aromatic carbocycles. The Kier molecular flexibility index (Phi) is 2.82. The Morgan fingerprint density at radius 2 is 2.00 bits per heavy atom. The van der Waals surface area contributed by atoms with Crippen molar-refractivity contribution in [2.24, 2.45) is 0 Å². The van der Waals surface area contributed by atoms with Gasteiger partial charge < -0.3 is 0 Å². The topological polar surface area (TPSA) is 17.1 Å². The lowest BCUT2D eigenvalue weighted by Crippen LogP contribution is -1.96. The van der Waals surface area contributed by atoms with Gasteiger partial charge in [-0.1, -0.05) is 0 Å². The molecule has 0 heterocycles. The van der Waals surface area contributed by atoms with E-state index in [1.165, 1.54) is 0 Å². The van der Waals surface area contributed by atoms with Gasteiger partial charge in [0.15, 0.2) is 0 Å². The smallest absolute Gasteiger partial charge is 0.299 e. The van der Waals surface area contributed by atoms with E-state index < -0.39 is 4.83 Å². The Morgan fingerprint density at radius 3 is 2.12 bits per heavy atom. The molecule has 0 spiro atoms. The molecule has 8 heavy (non-hydrogen) atoms. The highest BCUT2D eigenvalue weighted by Gasteiger charge is 2.17. The van der Waals surface area contributed by atoms with Crippen LogP contribution < -0.4 is 0 Å². The van der Waals surface area contributed by atoms with Crippen molar-refractivity contribution in [3.05, 3.63) is 12.2 Å². The molecule has 0 atom stereocenters. The number of carbonyl (C=O) groups excluding carboxylic acids is 1. The molecule has 46 valence electrons. The minimum atomic E-state index is -3.05. The van der Waals surface area contributed by atoms with Gasteiger partial charge in [-0.2, -0.15) is 8.78 Å². The van der Waals surface area contributed by atoms with Crippen LogP contribution in [0.4, 0.5) is 8.78 Å². The van der Waals surface area contributed by atoms with Crippen LogP contribution in [-0.2, 0) is 4.79 Å². The molecule has 0 aromatic rings. The Morgan fingerprint density at radius 1 is 1.50 bits per heavy atom. The van der Waals surface area contributed by atoms with E-state index in [1.54, 1.807) is 0 Å². The first-order valence-electron chi connectivity index (χ1n) is 1.76. The Labute approximate surface area is 53.5 Å². The molecule has 0 bridgehead atoms. The second-order valence-corrected chi connectivity index (χ2v) is 2.09. The van der Waals surface area contributed by atoms with Gasteiger partial charge in [-0.15, -0.1) is 0 Å². The molecule has 0 N–H and O–H groups in total. The number of halogens is 3. The number of aldehydes is 1. The third-order valence-electron chi connectivity index (χ3n) is 0.364. The molecule has 0 amide bonds. The van der Waals surface area contributed by atoms with Crippen LogP contribution in [0.1, 0.15) is 0 Å². The number of carbonyl (C=O) groups is 1. The molecule has 0 saturated heterocycles. The maximum atomic E-state index is 11.6. The zero-order valence-corrected chi connectivity index (χ0v) is 5.36. The molecule has 0 fully saturated rings. The minimum absolute atomic E-state index is 0.287. The van der Waals surface area contributed by atoms with Crippen molar-refractivity contribution in [1.29, 1.82) is 0 Å². The molecule has 0 aromatic heterocycles. The lowest BCUT2D eigenvalue weighted by atomic mass is 10.5. The summed E-state index contributed by atoms with van der Waals surface area (Å²) in [5.74, 6) is 0. The molecule has 0 aliphatic carbocycles. The largest absolute Gasteiger partial charge is 0.320 e. The minimum Gasteiger partial charge on any atom is -0.299 e. The van der Waals surface area contributed by atoms with Crippen LogP contribution in [0.25, 0.3) is 0 Å². The van der Waals surface area contributed by atoms with Crippen molar-refractivity contribution in [3.8, 4) is 0 Å². The number of alkyl halides is 3. The van der Waals surface area contributed by atoms with Crippen LogP contribution in [0.2, 0.25) is 0 Å². The van der Waals surface area contributed by atoms with Crippen LogP contribution >= 0.6 is 15.9 Å². The predicted octanol–water partition coefficient (Wildman–Crippen LogP) is 1.73. The first-order valence-corrected chi connectivity index (χ1v) is 2.55. The lowest BCUT2D eigenvalue weighted by Gasteiger charge is -1.95. The van der Waals surface area contributed by atoms with Crippen molar-refractivity contribution >= 4 is 22.2 Å². The van der Waals surface area contributed by atoms with Gasteiger partial charge in [0.1, 0.15) is 6.29 Å². The van der Waals surface area contributed by atoms with E-state index in [0.717, 1.165) is 6.08 Å². The van der Waals surface area contributed by atoms with Gasteiger partial charge in [0.25, 0.3) is 0 Å². The van der Waals surface area contributed by atoms with E-state index in [2.05, 4.69) is 0 Å². The fourth-order valence-electron chi connectivity index (χ4n) is 0.148. The highest BCUT2D eigenvalue weighted by molar-refractivity contribution is 9.10. The SMILES string of the molecule is O=CC=CC(F)(F)Br. The summed E-state index contributed by atoms with van der Waals surface area (Å²) in [5.41, 5.74) is 0. The average molecular weight is 185 g/mol. The summed E-state index contributed by atoms with van der Waals surface area (Å²) < 4.78 is 23.2.